The molecule has 0 spiro atoms. The van der Waals surface area contributed by atoms with Gasteiger partial charge in [0.05, 0.1) is 0 Å². The fourth-order valence-electron chi connectivity index (χ4n) is 2.55. The Morgan fingerprint density at radius 1 is 1.26 bits per heavy atom. The van der Waals surface area contributed by atoms with Gasteiger partial charge in [-0.1, -0.05) is 0 Å². The Balaban J connectivity index is 1.63. The lowest BCUT2D eigenvalue weighted by molar-refractivity contribution is 0.190. The van der Waals surface area contributed by atoms with Crippen LogP contribution in [0.5, 0.6) is 0 Å². The normalized spacial score (nSPS) is 16.1. The summed E-state index contributed by atoms with van der Waals surface area (Å²) in [5, 5.41) is 3.43. The molecule has 2 rings (SSSR count). The van der Waals surface area contributed by atoms with E-state index in [2.05, 4.69) is 19.8 Å². The lowest BCUT2D eigenvalue weighted by Crippen LogP contribution is -2.22. The van der Waals surface area contributed by atoms with Crippen LogP contribution in [-0.4, -0.2) is 54.3 Å². The molecule has 19 heavy (non-hydrogen) atoms. The van der Waals surface area contributed by atoms with Gasteiger partial charge in [-0.2, -0.15) is 0 Å². The summed E-state index contributed by atoms with van der Waals surface area (Å²) in [5.41, 5.74) is 0. The van der Waals surface area contributed by atoms with Crippen LogP contribution in [0.2, 0.25) is 0 Å². The van der Waals surface area contributed by atoms with Gasteiger partial charge in [0.2, 0.25) is 5.95 Å². The molecule has 0 aromatic carbocycles. The van der Waals surface area contributed by atoms with Crippen LogP contribution in [0.1, 0.15) is 25.7 Å². The van der Waals surface area contributed by atoms with Crippen molar-refractivity contribution in [3.05, 3.63) is 12.4 Å². The molecule has 0 atom stereocenters. The van der Waals surface area contributed by atoms with E-state index in [0.717, 1.165) is 32.1 Å². The number of methoxy groups -OCH3 is 1. The van der Waals surface area contributed by atoms with Gasteiger partial charge in [0.1, 0.15) is 0 Å². The Hall–Kier alpha value is -1.07. The molecule has 2 heterocycles. The van der Waals surface area contributed by atoms with Crippen molar-refractivity contribution in [1.29, 1.82) is 0 Å². The van der Waals surface area contributed by atoms with Crippen molar-refractivity contribution in [2.45, 2.75) is 32.2 Å². The molecule has 1 aromatic heterocycles. The first-order chi connectivity index (χ1) is 9.40. The van der Waals surface area contributed by atoms with E-state index >= 15 is 0 Å². The molecule has 0 saturated carbocycles. The number of hydrogen-bond acceptors (Lipinski definition) is 4. The minimum atomic E-state index is 0.798. The van der Waals surface area contributed by atoms with E-state index in [1.54, 1.807) is 7.11 Å². The van der Waals surface area contributed by atoms with E-state index in [-0.39, 0.29) is 0 Å². The zero-order valence-electron chi connectivity index (χ0n) is 12.0. The van der Waals surface area contributed by atoms with Gasteiger partial charge in [-0.05, 0) is 45.3 Å². The molecule has 108 valence electrons. The molecule has 0 bridgehead atoms. The highest BCUT2D eigenvalue weighted by Crippen LogP contribution is 2.08. The van der Waals surface area contributed by atoms with Crippen molar-refractivity contribution in [2.24, 2.45) is 0 Å². The Morgan fingerprint density at radius 3 is 2.89 bits per heavy atom. The SMILES string of the molecule is COCCCn1ccnc1NCCCN1CCCC1. The summed E-state index contributed by atoms with van der Waals surface area (Å²) in [6.45, 7) is 6.53. The number of likely N-dealkylation sites (tertiary alicyclic amines) is 1. The summed E-state index contributed by atoms with van der Waals surface area (Å²) in [6, 6.07) is 0. The van der Waals surface area contributed by atoms with Crippen molar-refractivity contribution in [2.75, 3.05) is 45.2 Å². The first-order valence-corrected chi connectivity index (χ1v) is 7.36. The van der Waals surface area contributed by atoms with Crippen molar-refractivity contribution in [1.82, 2.24) is 14.5 Å². The Labute approximate surface area is 116 Å². The summed E-state index contributed by atoms with van der Waals surface area (Å²) in [6.07, 6.45) is 8.84. The minimum absolute atomic E-state index is 0.798. The summed E-state index contributed by atoms with van der Waals surface area (Å²) in [7, 11) is 1.74. The summed E-state index contributed by atoms with van der Waals surface area (Å²) < 4.78 is 7.24. The van der Waals surface area contributed by atoms with Gasteiger partial charge in [0.15, 0.2) is 0 Å². The summed E-state index contributed by atoms with van der Waals surface area (Å²) in [4.78, 5) is 6.91. The fourth-order valence-corrected chi connectivity index (χ4v) is 2.55. The highest BCUT2D eigenvalue weighted by molar-refractivity contribution is 5.25. The number of hydrogen-bond donors (Lipinski definition) is 1. The number of rotatable bonds is 9. The largest absolute Gasteiger partial charge is 0.385 e. The van der Waals surface area contributed by atoms with Crippen LogP contribution in [0.4, 0.5) is 5.95 Å². The maximum absolute atomic E-state index is 5.08. The molecule has 1 aliphatic rings. The standard InChI is InChI=1S/C14H26N4O/c1-19-13-5-11-18-12-7-16-14(18)15-6-4-10-17-8-2-3-9-17/h7,12H,2-6,8-11,13H2,1H3,(H,15,16). The Kier molecular flexibility index (Phi) is 6.17. The predicted octanol–water partition coefficient (Wildman–Crippen LogP) is 1.82. The second-order valence-electron chi connectivity index (χ2n) is 5.12. The van der Waals surface area contributed by atoms with Gasteiger partial charge in [-0.15, -0.1) is 0 Å². The van der Waals surface area contributed by atoms with Crippen molar-refractivity contribution in [3.8, 4) is 0 Å². The van der Waals surface area contributed by atoms with E-state index < -0.39 is 0 Å². The first kappa shape index (κ1) is 14.3. The molecule has 5 heteroatoms. The van der Waals surface area contributed by atoms with Crippen LogP contribution in [0.25, 0.3) is 0 Å². The molecular formula is C14H26N4O. The smallest absolute Gasteiger partial charge is 0.202 e. The number of nitrogens with zero attached hydrogens (tertiary/aromatic N) is 3. The molecule has 0 aliphatic carbocycles. The van der Waals surface area contributed by atoms with E-state index in [4.69, 9.17) is 4.74 Å². The molecular weight excluding hydrogens is 240 g/mol. The highest BCUT2D eigenvalue weighted by atomic mass is 16.5. The Bertz CT molecular complexity index is 347. The molecule has 1 saturated heterocycles. The number of imidazole rings is 1. The van der Waals surface area contributed by atoms with Crippen LogP contribution in [0.15, 0.2) is 12.4 Å². The highest BCUT2D eigenvalue weighted by Gasteiger charge is 2.10. The predicted molar refractivity (Wildman–Crippen MR) is 77.5 cm³/mol. The molecule has 0 amide bonds. The van der Waals surface area contributed by atoms with Crippen molar-refractivity contribution < 1.29 is 4.74 Å². The zero-order valence-corrected chi connectivity index (χ0v) is 12.0. The van der Waals surface area contributed by atoms with Crippen LogP contribution < -0.4 is 5.32 Å². The lowest BCUT2D eigenvalue weighted by atomic mass is 10.4. The molecule has 5 nitrogen and oxygen atoms in total. The molecule has 1 fully saturated rings. The average molecular weight is 266 g/mol. The molecule has 1 N–H and O–H groups in total. The van der Waals surface area contributed by atoms with Gasteiger partial charge < -0.3 is 19.5 Å². The van der Waals surface area contributed by atoms with Gasteiger partial charge in [-0.3, -0.25) is 0 Å². The number of anilines is 1. The molecule has 0 unspecified atom stereocenters. The number of nitrogens with one attached hydrogen (secondary N) is 1. The zero-order chi connectivity index (χ0) is 13.3. The third kappa shape index (κ3) is 4.84. The van der Waals surface area contributed by atoms with Gasteiger partial charge in [-0.25, -0.2) is 4.98 Å². The van der Waals surface area contributed by atoms with E-state index in [0.29, 0.717) is 0 Å². The van der Waals surface area contributed by atoms with Crippen LogP contribution in [-0.2, 0) is 11.3 Å². The second-order valence-corrected chi connectivity index (χ2v) is 5.12. The summed E-state index contributed by atoms with van der Waals surface area (Å²) >= 11 is 0. The van der Waals surface area contributed by atoms with Crippen molar-refractivity contribution >= 4 is 5.95 Å². The van der Waals surface area contributed by atoms with Crippen LogP contribution in [0.3, 0.4) is 0 Å². The maximum Gasteiger partial charge on any atom is 0.202 e. The van der Waals surface area contributed by atoms with E-state index in [1.807, 2.05) is 12.4 Å². The number of ether oxygens (including phenoxy) is 1. The van der Waals surface area contributed by atoms with E-state index in [9.17, 15) is 0 Å². The topological polar surface area (TPSA) is 42.3 Å². The minimum Gasteiger partial charge on any atom is -0.385 e. The first-order valence-electron chi connectivity index (χ1n) is 7.36. The van der Waals surface area contributed by atoms with Gasteiger partial charge in [0.25, 0.3) is 0 Å². The van der Waals surface area contributed by atoms with Gasteiger partial charge >= 0.3 is 0 Å². The van der Waals surface area contributed by atoms with Gasteiger partial charge in [0, 0.05) is 39.2 Å². The molecule has 0 radical (unpaired) electrons. The number of aryl methyl sites for hydroxylation is 1. The molecule has 1 aliphatic heterocycles. The maximum atomic E-state index is 5.08. The second kappa shape index (κ2) is 8.17. The third-order valence-corrected chi connectivity index (χ3v) is 3.60. The van der Waals surface area contributed by atoms with Crippen molar-refractivity contribution in [3.63, 3.8) is 0 Å². The van der Waals surface area contributed by atoms with E-state index in [1.165, 1.54) is 38.9 Å². The lowest BCUT2D eigenvalue weighted by Gasteiger charge is -2.15. The average Bonchev–Trinajstić information content (AvgIpc) is 3.06. The van der Waals surface area contributed by atoms with Crippen LogP contribution >= 0.6 is 0 Å². The van der Waals surface area contributed by atoms with Crippen LogP contribution in [0, 0.1) is 0 Å². The fraction of sp³-hybridized carbons (Fsp3) is 0.786. The summed E-state index contributed by atoms with van der Waals surface area (Å²) in [5.74, 6) is 0.984. The third-order valence-electron chi connectivity index (χ3n) is 3.60. The molecule has 1 aromatic rings. The Morgan fingerprint density at radius 2 is 2.11 bits per heavy atom. The number of aromatic nitrogens is 2. The monoisotopic (exact) mass is 266 g/mol. The quantitative estimate of drug-likeness (QED) is 0.692.